The van der Waals surface area contributed by atoms with Crippen molar-refractivity contribution in [2.45, 2.75) is 44.7 Å². The zero-order chi connectivity index (χ0) is 11.8. The van der Waals surface area contributed by atoms with Crippen LogP contribution in [0, 0.1) is 0 Å². The normalized spacial score (nSPS) is 19.6. The molecular weight excluding hydrogens is 212 g/mol. The molecule has 2 heterocycles. The van der Waals surface area contributed by atoms with Crippen LogP contribution in [0.1, 0.15) is 48.7 Å². The Morgan fingerprint density at radius 3 is 2.59 bits per heavy atom. The molecule has 0 amide bonds. The van der Waals surface area contributed by atoms with Gasteiger partial charge in [0.2, 0.25) is 0 Å². The van der Waals surface area contributed by atoms with Gasteiger partial charge < -0.3 is 10.2 Å². The van der Waals surface area contributed by atoms with Crippen LogP contribution in [0.3, 0.4) is 0 Å². The molecule has 0 aromatic carbocycles. The van der Waals surface area contributed by atoms with Gasteiger partial charge in [0.25, 0.3) is 0 Å². The van der Waals surface area contributed by atoms with E-state index in [0.29, 0.717) is 5.92 Å². The molecule has 3 rings (SSSR count). The lowest BCUT2D eigenvalue weighted by atomic mass is 10.1. The topological polar surface area (TPSA) is 41.1 Å². The summed E-state index contributed by atoms with van der Waals surface area (Å²) in [7, 11) is 4.14. The molecule has 17 heavy (non-hydrogen) atoms. The van der Waals surface area contributed by atoms with Crippen LogP contribution in [-0.2, 0) is 13.1 Å². The summed E-state index contributed by atoms with van der Waals surface area (Å²) < 4.78 is 0. The number of hydrogen-bond donors (Lipinski definition) is 1. The third kappa shape index (κ3) is 1.90. The Hall–Kier alpha value is -1.16. The van der Waals surface area contributed by atoms with Gasteiger partial charge in [0.15, 0.2) is 0 Å². The van der Waals surface area contributed by atoms with Crippen LogP contribution < -0.4 is 10.2 Å². The summed E-state index contributed by atoms with van der Waals surface area (Å²) in [5.41, 5.74) is 2.50. The zero-order valence-corrected chi connectivity index (χ0v) is 10.7. The Labute approximate surface area is 102 Å². The minimum absolute atomic E-state index is 0.597. The van der Waals surface area contributed by atoms with Gasteiger partial charge in [0.1, 0.15) is 11.6 Å². The van der Waals surface area contributed by atoms with Crippen molar-refractivity contribution < 1.29 is 0 Å². The van der Waals surface area contributed by atoms with Crippen LogP contribution in [-0.4, -0.2) is 24.1 Å². The molecule has 0 saturated heterocycles. The van der Waals surface area contributed by atoms with Crippen LogP contribution in [0.15, 0.2) is 0 Å². The van der Waals surface area contributed by atoms with Gasteiger partial charge in [-0.15, -0.1) is 0 Å². The number of anilines is 1. The predicted molar refractivity (Wildman–Crippen MR) is 68.1 cm³/mol. The number of rotatable bonds is 2. The highest BCUT2D eigenvalue weighted by atomic mass is 15.2. The van der Waals surface area contributed by atoms with Gasteiger partial charge >= 0.3 is 0 Å². The lowest BCUT2D eigenvalue weighted by Gasteiger charge is -2.18. The van der Waals surface area contributed by atoms with Gasteiger partial charge in [0.05, 0.1) is 5.69 Å². The lowest BCUT2D eigenvalue weighted by Crippen LogP contribution is -2.16. The van der Waals surface area contributed by atoms with Crippen molar-refractivity contribution in [3.8, 4) is 0 Å². The number of aromatic nitrogens is 2. The molecule has 0 unspecified atom stereocenters. The average Bonchev–Trinajstić information content (AvgIpc) is 2.98. The van der Waals surface area contributed by atoms with Crippen LogP contribution in [0.5, 0.6) is 0 Å². The van der Waals surface area contributed by atoms with E-state index in [-0.39, 0.29) is 0 Å². The Morgan fingerprint density at radius 2 is 1.88 bits per heavy atom. The first-order valence-electron chi connectivity index (χ1n) is 6.53. The molecule has 1 fully saturated rings. The van der Waals surface area contributed by atoms with Gasteiger partial charge in [-0.1, -0.05) is 12.8 Å². The molecule has 1 saturated carbocycles. The first kappa shape index (κ1) is 11.0. The summed E-state index contributed by atoms with van der Waals surface area (Å²) in [5.74, 6) is 2.79. The second-order valence-corrected chi connectivity index (χ2v) is 5.31. The minimum Gasteiger partial charge on any atom is -0.362 e. The van der Waals surface area contributed by atoms with E-state index in [2.05, 4.69) is 24.3 Å². The Kier molecular flexibility index (Phi) is 2.74. The fraction of sp³-hybridized carbons (Fsp3) is 0.692. The number of nitrogens with one attached hydrogen (secondary N) is 1. The molecule has 1 aliphatic heterocycles. The molecule has 0 atom stereocenters. The van der Waals surface area contributed by atoms with Crippen molar-refractivity contribution in [1.82, 2.24) is 15.3 Å². The summed E-state index contributed by atoms with van der Waals surface area (Å²) in [6, 6.07) is 0. The van der Waals surface area contributed by atoms with Crippen molar-refractivity contribution in [2.75, 3.05) is 19.0 Å². The van der Waals surface area contributed by atoms with Crippen molar-refractivity contribution >= 4 is 5.82 Å². The van der Waals surface area contributed by atoms with Gasteiger partial charge in [-0.3, -0.25) is 0 Å². The fourth-order valence-corrected chi connectivity index (χ4v) is 2.91. The Balaban J connectivity index is 2.02. The maximum Gasteiger partial charge on any atom is 0.136 e. The first-order chi connectivity index (χ1) is 8.25. The molecule has 0 bridgehead atoms. The van der Waals surface area contributed by atoms with Crippen molar-refractivity contribution in [1.29, 1.82) is 0 Å². The Bertz CT molecular complexity index is 422. The second kappa shape index (κ2) is 4.26. The van der Waals surface area contributed by atoms with E-state index in [0.717, 1.165) is 24.7 Å². The Morgan fingerprint density at radius 1 is 1.12 bits per heavy atom. The predicted octanol–water partition coefficient (Wildman–Crippen LogP) is 1.80. The maximum atomic E-state index is 4.80. The van der Waals surface area contributed by atoms with E-state index in [1.54, 1.807) is 0 Å². The summed E-state index contributed by atoms with van der Waals surface area (Å²) >= 11 is 0. The molecule has 2 aliphatic rings. The van der Waals surface area contributed by atoms with Gasteiger partial charge in [-0.05, 0) is 12.8 Å². The maximum absolute atomic E-state index is 4.80. The van der Waals surface area contributed by atoms with Crippen LogP contribution in [0.25, 0.3) is 0 Å². The van der Waals surface area contributed by atoms with E-state index < -0.39 is 0 Å². The number of nitrogens with zero attached hydrogens (tertiary/aromatic N) is 3. The molecule has 1 aromatic rings. The van der Waals surface area contributed by atoms with Crippen molar-refractivity contribution in [3.63, 3.8) is 0 Å². The quantitative estimate of drug-likeness (QED) is 0.844. The zero-order valence-electron chi connectivity index (χ0n) is 10.7. The molecule has 0 spiro atoms. The van der Waals surface area contributed by atoms with Crippen LogP contribution in [0.2, 0.25) is 0 Å². The van der Waals surface area contributed by atoms with E-state index in [4.69, 9.17) is 9.97 Å². The van der Waals surface area contributed by atoms with Crippen LogP contribution in [0.4, 0.5) is 5.82 Å². The largest absolute Gasteiger partial charge is 0.362 e. The number of fused-ring (bicyclic) bond motifs is 1. The van der Waals surface area contributed by atoms with E-state index in [1.165, 1.54) is 36.9 Å². The monoisotopic (exact) mass is 232 g/mol. The molecule has 4 heteroatoms. The highest BCUT2D eigenvalue weighted by molar-refractivity contribution is 5.49. The molecule has 1 aliphatic carbocycles. The summed E-state index contributed by atoms with van der Waals surface area (Å²) in [5, 5.41) is 3.37. The summed E-state index contributed by atoms with van der Waals surface area (Å²) in [4.78, 5) is 11.7. The van der Waals surface area contributed by atoms with Crippen molar-refractivity contribution in [3.05, 3.63) is 17.1 Å². The number of hydrogen-bond acceptors (Lipinski definition) is 4. The third-order valence-corrected chi connectivity index (χ3v) is 3.83. The molecule has 1 N–H and O–H groups in total. The smallest absolute Gasteiger partial charge is 0.136 e. The standard InChI is InChI=1S/C13H20N4/c1-17(2)13-10-7-14-8-11(10)15-12(16-13)9-5-3-4-6-9/h9,14H,3-8H2,1-2H3. The van der Waals surface area contributed by atoms with Gasteiger partial charge in [0, 0.05) is 38.7 Å². The highest BCUT2D eigenvalue weighted by Crippen LogP contribution is 2.34. The molecule has 92 valence electrons. The summed E-state index contributed by atoms with van der Waals surface area (Å²) in [6.45, 7) is 1.81. The van der Waals surface area contributed by atoms with E-state index >= 15 is 0 Å². The molecule has 0 radical (unpaired) electrons. The highest BCUT2D eigenvalue weighted by Gasteiger charge is 2.25. The van der Waals surface area contributed by atoms with Crippen LogP contribution >= 0.6 is 0 Å². The lowest BCUT2D eigenvalue weighted by molar-refractivity contribution is 0.659. The summed E-state index contributed by atoms with van der Waals surface area (Å²) in [6.07, 6.45) is 5.19. The third-order valence-electron chi connectivity index (χ3n) is 3.83. The molecule has 4 nitrogen and oxygen atoms in total. The van der Waals surface area contributed by atoms with Gasteiger partial charge in [-0.25, -0.2) is 9.97 Å². The van der Waals surface area contributed by atoms with Crippen molar-refractivity contribution in [2.24, 2.45) is 0 Å². The van der Waals surface area contributed by atoms with E-state index in [9.17, 15) is 0 Å². The SMILES string of the molecule is CN(C)c1nc(C2CCCC2)nc2c1CNC2. The minimum atomic E-state index is 0.597. The first-order valence-corrected chi connectivity index (χ1v) is 6.53. The molecule has 1 aromatic heterocycles. The second-order valence-electron chi connectivity index (χ2n) is 5.31. The van der Waals surface area contributed by atoms with E-state index in [1.807, 2.05) is 0 Å². The van der Waals surface area contributed by atoms with Gasteiger partial charge in [-0.2, -0.15) is 0 Å². The molecular formula is C13H20N4. The average molecular weight is 232 g/mol. The fourth-order valence-electron chi connectivity index (χ4n) is 2.91.